The Morgan fingerprint density at radius 1 is 0.944 bits per heavy atom. The maximum atomic E-state index is 12.1. The summed E-state index contributed by atoms with van der Waals surface area (Å²) in [6.07, 6.45) is 0. The standard InChI is InChI=1S/C7H6F.C5H5.2CO.Fe/c1-6-2-4-7(8)5-3-6;1-2-4-5-3-1;2*1-2;/h2-5H,1H2;1-5H;;;/q2*-1;;;+2. The van der Waals surface area contributed by atoms with Crippen molar-refractivity contribution in [3.63, 3.8) is 0 Å². The van der Waals surface area contributed by atoms with E-state index in [9.17, 15) is 4.39 Å². The number of benzene rings is 1. The van der Waals surface area contributed by atoms with Crippen molar-refractivity contribution in [3.8, 4) is 0 Å². The molecule has 0 bridgehead atoms. The van der Waals surface area contributed by atoms with Gasteiger partial charge in [-0.2, -0.15) is 42.8 Å². The van der Waals surface area contributed by atoms with Crippen molar-refractivity contribution in [1.29, 1.82) is 0 Å². The van der Waals surface area contributed by atoms with Gasteiger partial charge < -0.3 is 0 Å². The molecule has 0 saturated carbocycles. The minimum absolute atomic E-state index is 0. The van der Waals surface area contributed by atoms with E-state index in [0.717, 1.165) is 5.56 Å². The van der Waals surface area contributed by atoms with Crippen LogP contribution >= 0.6 is 0 Å². The summed E-state index contributed by atoms with van der Waals surface area (Å²) in [5, 5.41) is 0. The Kier molecular flexibility index (Phi) is 21.3. The van der Waals surface area contributed by atoms with Crippen molar-refractivity contribution in [3.05, 3.63) is 86.2 Å². The maximum Gasteiger partial charge on any atom is 2.00 e. The van der Waals surface area contributed by atoms with Crippen LogP contribution in [0.1, 0.15) is 5.56 Å². The average Bonchev–Trinajstić information content (AvgIpc) is 2.97. The van der Waals surface area contributed by atoms with E-state index in [1.165, 1.54) is 12.1 Å². The van der Waals surface area contributed by atoms with Crippen LogP contribution in [0.5, 0.6) is 0 Å². The Morgan fingerprint density at radius 2 is 1.33 bits per heavy atom. The summed E-state index contributed by atoms with van der Waals surface area (Å²) in [6, 6.07) is 16.1. The van der Waals surface area contributed by atoms with Crippen LogP contribution in [-0.4, -0.2) is 0 Å². The Bertz CT molecular complexity index is 347. The van der Waals surface area contributed by atoms with Crippen LogP contribution in [-0.2, 0) is 26.4 Å². The molecule has 2 rings (SSSR count). The van der Waals surface area contributed by atoms with Gasteiger partial charge in [0, 0.05) is 0 Å². The van der Waals surface area contributed by atoms with E-state index < -0.39 is 0 Å². The van der Waals surface area contributed by atoms with Gasteiger partial charge in [-0.1, -0.05) is 12.1 Å². The van der Waals surface area contributed by atoms with E-state index in [-0.39, 0.29) is 22.9 Å². The molecule has 0 saturated heterocycles. The average molecular weight is 286 g/mol. The Labute approximate surface area is 117 Å². The summed E-state index contributed by atoms with van der Waals surface area (Å²) in [4.78, 5) is 0. The molecule has 0 spiro atoms. The SMILES string of the molecule is [C-]#[O+].[C-]#[O+].[CH2-]c1ccc(F)cc1.[Fe+2].c1cc[cH-]c1. The molecule has 2 aromatic rings. The molecule has 0 aliphatic heterocycles. The van der Waals surface area contributed by atoms with Gasteiger partial charge in [-0.05, 0) is 0 Å². The predicted octanol–water partition coefficient (Wildman–Crippen LogP) is 3.34. The molecule has 0 aliphatic carbocycles. The number of hydrogen-bond donors (Lipinski definition) is 0. The van der Waals surface area contributed by atoms with Crippen LogP contribution in [0.25, 0.3) is 0 Å². The van der Waals surface area contributed by atoms with Crippen LogP contribution in [0.4, 0.5) is 4.39 Å². The summed E-state index contributed by atoms with van der Waals surface area (Å²) >= 11 is 0. The molecule has 4 heteroatoms. The van der Waals surface area contributed by atoms with Gasteiger partial charge in [-0.3, -0.25) is 0 Å². The second kappa shape index (κ2) is 17.8. The van der Waals surface area contributed by atoms with Crippen LogP contribution < -0.4 is 0 Å². The fourth-order valence-corrected chi connectivity index (χ4v) is 0.805. The van der Waals surface area contributed by atoms with Gasteiger partial charge in [0.2, 0.25) is 0 Å². The van der Waals surface area contributed by atoms with Crippen molar-refractivity contribution in [2.45, 2.75) is 0 Å². The first-order valence-electron chi connectivity index (χ1n) is 4.44. The molecule has 18 heavy (non-hydrogen) atoms. The van der Waals surface area contributed by atoms with E-state index in [2.05, 4.69) is 20.2 Å². The Balaban J connectivity index is -0.000000196. The smallest absolute Gasteiger partial charge is 0.214 e. The zero-order valence-electron chi connectivity index (χ0n) is 9.45. The summed E-state index contributed by atoms with van der Waals surface area (Å²) in [5.74, 6) is -0.211. The van der Waals surface area contributed by atoms with Crippen LogP contribution in [0.15, 0.2) is 54.6 Å². The first-order chi connectivity index (χ1) is 8.29. The molecule has 0 heterocycles. The van der Waals surface area contributed by atoms with Crippen molar-refractivity contribution in [2.75, 3.05) is 0 Å². The quantitative estimate of drug-likeness (QED) is 0.405. The van der Waals surface area contributed by atoms with Gasteiger partial charge in [-0.15, -0.1) is 0 Å². The molecule has 0 fully saturated rings. The monoisotopic (exact) mass is 286 g/mol. The third kappa shape index (κ3) is 14.4. The molecule has 0 radical (unpaired) electrons. The number of halogens is 1. The molecule has 2 aromatic carbocycles. The minimum atomic E-state index is -0.211. The van der Waals surface area contributed by atoms with Gasteiger partial charge in [0.25, 0.3) is 0 Å². The Hall–Kier alpha value is -1.63. The summed E-state index contributed by atoms with van der Waals surface area (Å²) in [5.41, 5.74) is 0.839. The van der Waals surface area contributed by atoms with Gasteiger partial charge in [-0.25, -0.2) is 16.5 Å². The summed E-state index contributed by atoms with van der Waals surface area (Å²) in [7, 11) is 0. The molecule has 0 aromatic heterocycles. The van der Waals surface area contributed by atoms with E-state index in [1.807, 2.05) is 30.3 Å². The van der Waals surface area contributed by atoms with Crippen LogP contribution in [0.2, 0.25) is 0 Å². The van der Waals surface area contributed by atoms with Crippen molar-refractivity contribution < 1.29 is 30.8 Å². The van der Waals surface area contributed by atoms with Crippen molar-refractivity contribution in [1.82, 2.24) is 0 Å². The van der Waals surface area contributed by atoms with Crippen LogP contribution in [0, 0.1) is 26.0 Å². The summed E-state index contributed by atoms with van der Waals surface area (Å²) in [6.45, 7) is 12.6. The van der Waals surface area contributed by atoms with Crippen LogP contribution in [0.3, 0.4) is 0 Å². The first kappa shape index (κ1) is 21.6. The fourth-order valence-electron chi connectivity index (χ4n) is 0.805. The molecule has 0 unspecified atom stereocenters. The molecule has 94 valence electrons. The summed E-state index contributed by atoms with van der Waals surface area (Å²) < 4.78 is 27.1. The second-order valence-electron chi connectivity index (χ2n) is 2.59. The predicted molar refractivity (Wildman–Crippen MR) is 60.8 cm³/mol. The van der Waals surface area contributed by atoms with E-state index in [1.54, 1.807) is 12.1 Å². The van der Waals surface area contributed by atoms with E-state index in [0.29, 0.717) is 0 Å². The molecule has 0 atom stereocenters. The molecule has 2 nitrogen and oxygen atoms in total. The molecule has 0 N–H and O–H groups in total. The second-order valence-corrected chi connectivity index (χ2v) is 2.59. The van der Waals surface area contributed by atoms with Gasteiger partial charge >= 0.3 is 39.7 Å². The van der Waals surface area contributed by atoms with Gasteiger partial charge in [0.15, 0.2) is 0 Å². The van der Waals surface area contributed by atoms with Gasteiger partial charge in [0.05, 0.1) is 5.82 Å². The zero-order valence-corrected chi connectivity index (χ0v) is 10.6. The van der Waals surface area contributed by atoms with E-state index in [4.69, 9.17) is 9.30 Å². The Morgan fingerprint density at radius 3 is 1.56 bits per heavy atom. The topological polar surface area (TPSA) is 39.8 Å². The largest absolute Gasteiger partial charge is 2.00 e. The first-order valence-corrected chi connectivity index (χ1v) is 4.44. The number of rotatable bonds is 0. The molecule has 0 aliphatic rings. The maximum absolute atomic E-state index is 12.1. The van der Waals surface area contributed by atoms with Gasteiger partial charge in [0.1, 0.15) is 0 Å². The van der Waals surface area contributed by atoms with E-state index >= 15 is 0 Å². The normalized spacial score (nSPS) is 6.50. The van der Waals surface area contributed by atoms with Crippen molar-refractivity contribution >= 4 is 0 Å². The minimum Gasteiger partial charge on any atom is -0.214 e. The third-order valence-corrected chi connectivity index (χ3v) is 1.47. The fraction of sp³-hybridized carbons (Fsp3) is 0. The zero-order chi connectivity index (χ0) is 13.5. The molecular weight excluding hydrogens is 275 g/mol. The molecular formula is C14H11FFeO2. The van der Waals surface area contributed by atoms with Crippen molar-refractivity contribution in [2.24, 2.45) is 0 Å². The molecule has 0 amide bonds. The number of hydrogen-bond acceptors (Lipinski definition) is 0. The third-order valence-electron chi connectivity index (χ3n) is 1.47.